The fraction of sp³-hybridized carbons (Fsp3) is 0.524. The minimum atomic E-state index is 0.623. The second kappa shape index (κ2) is 9.83. The molecule has 0 unspecified atom stereocenters. The largest absolute Gasteiger partial charge is 0.494 e. The first-order chi connectivity index (χ1) is 13.2. The summed E-state index contributed by atoms with van der Waals surface area (Å²) in [6.07, 6.45) is 7.28. The smallest absolute Gasteiger partial charge is 0.228 e. The summed E-state index contributed by atoms with van der Waals surface area (Å²) in [7, 11) is 1.64. The lowest BCUT2D eigenvalue weighted by molar-refractivity contribution is 0.222. The Hall–Kier alpha value is -1.95. The van der Waals surface area contributed by atoms with Crippen LogP contribution >= 0.6 is 11.8 Å². The van der Waals surface area contributed by atoms with Crippen molar-refractivity contribution < 1.29 is 9.47 Å². The van der Waals surface area contributed by atoms with Crippen molar-refractivity contribution in [2.75, 3.05) is 38.0 Å². The Labute approximate surface area is 166 Å². The lowest BCUT2D eigenvalue weighted by atomic mass is 9.84. The van der Waals surface area contributed by atoms with Gasteiger partial charge in [0.05, 0.1) is 13.7 Å². The topological polar surface area (TPSA) is 47.5 Å². The summed E-state index contributed by atoms with van der Waals surface area (Å²) in [4.78, 5) is 12.4. The van der Waals surface area contributed by atoms with E-state index >= 15 is 0 Å². The molecule has 5 nitrogen and oxygen atoms in total. The Bertz CT molecular complexity index is 703. The molecule has 2 aromatic rings. The van der Waals surface area contributed by atoms with Gasteiger partial charge in [-0.25, -0.2) is 4.98 Å². The lowest BCUT2D eigenvalue weighted by Crippen LogP contribution is -2.37. The number of nitrogens with zero attached hydrogens (tertiary/aromatic N) is 3. The second-order valence-corrected chi connectivity index (χ2v) is 7.89. The van der Waals surface area contributed by atoms with Gasteiger partial charge in [-0.1, -0.05) is 6.92 Å². The van der Waals surface area contributed by atoms with E-state index in [1.807, 2.05) is 0 Å². The van der Waals surface area contributed by atoms with Crippen molar-refractivity contribution in [1.29, 1.82) is 0 Å². The molecule has 1 aromatic heterocycles. The molecule has 1 aliphatic rings. The van der Waals surface area contributed by atoms with E-state index in [9.17, 15) is 0 Å². The minimum Gasteiger partial charge on any atom is -0.494 e. The number of thioether (sulfide) groups is 1. The van der Waals surface area contributed by atoms with Crippen LogP contribution in [0.1, 0.15) is 26.2 Å². The van der Waals surface area contributed by atoms with Crippen molar-refractivity contribution in [3.63, 3.8) is 0 Å². The van der Waals surface area contributed by atoms with Gasteiger partial charge in [0.25, 0.3) is 0 Å². The Morgan fingerprint density at radius 1 is 1.19 bits per heavy atom. The number of benzene rings is 1. The predicted molar refractivity (Wildman–Crippen MR) is 111 cm³/mol. The molecule has 0 N–H and O–H groups in total. The number of hydrogen-bond acceptors (Lipinski definition) is 6. The fourth-order valence-corrected chi connectivity index (χ4v) is 3.95. The van der Waals surface area contributed by atoms with Crippen molar-refractivity contribution in [3.8, 4) is 11.6 Å². The van der Waals surface area contributed by atoms with Crippen molar-refractivity contribution in [2.45, 2.75) is 31.1 Å². The molecule has 3 rings (SSSR count). The van der Waals surface area contributed by atoms with Gasteiger partial charge in [-0.3, -0.25) is 0 Å². The summed E-state index contributed by atoms with van der Waals surface area (Å²) in [6.45, 7) is 5.12. The van der Waals surface area contributed by atoms with E-state index in [4.69, 9.17) is 9.47 Å². The number of hydrogen-bond donors (Lipinski definition) is 0. The Morgan fingerprint density at radius 2 is 1.93 bits per heavy atom. The van der Waals surface area contributed by atoms with E-state index in [0.29, 0.717) is 11.8 Å². The van der Waals surface area contributed by atoms with Gasteiger partial charge < -0.3 is 14.4 Å². The molecule has 0 aliphatic carbocycles. The highest BCUT2D eigenvalue weighted by Crippen LogP contribution is 2.29. The summed E-state index contributed by atoms with van der Waals surface area (Å²) in [5.41, 5.74) is 0. The van der Waals surface area contributed by atoms with E-state index in [-0.39, 0.29) is 0 Å². The molecule has 146 valence electrons. The van der Waals surface area contributed by atoms with Gasteiger partial charge in [-0.05, 0) is 61.6 Å². The molecule has 1 aromatic carbocycles. The molecule has 27 heavy (non-hydrogen) atoms. The molecule has 0 amide bonds. The van der Waals surface area contributed by atoms with Gasteiger partial charge in [-0.15, -0.1) is 11.8 Å². The van der Waals surface area contributed by atoms with Crippen LogP contribution in [0.25, 0.3) is 0 Å². The average molecular weight is 388 g/mol. The zero-order valence-corrected chi connectivity index (χ0v) is 17.2. The molecule has 2 heterocycles. The molecule has 0 spiro atoms. The second-order valence-electron chi connectivity index (χ2n) is 7.01. The van der Waals surface area contributed by atoms with Gasteiger partial charge in [0, 0.05) is 30.2 Å². The van der Waals surface area contributed by atoms with Gasteiger partial charge >= 0.3 is 0 Å². The van der Waals surface area contributed by atoms with Crippen LogP contribution in [0.2, 0.25) is 0 Å². The Kier molecular flexibility index (Phi) is 7.21. The molecule has 1 aliphatic heterocycles. The average Bonchev–Trinajstić information content (AvgIpc) is 2.74. The van der Waals surface area contributed by atoms with Crippen molar-refractivity contribution in [3.05, 3.63) is 36.5 Å². The molecule has 1 fully saturated rings. The standard InChI is InChI=1S/C21H29N3O2S/c1-16(11-15-26-18-4-6-19(27-3)7-5-18)17-9-13-24(14-10-17)21-22-12-8-20(23-21)25-2/h4-8,12,16-17H,9-11,13-15H2,1-3H3/t16-/m1/s1. The first-order valence-corrected chi connectivity index (χ1v) is 10.8. The van der Waals surface area contributed by atoms with Crippen molar-refractivity contribution in [2.24, 2.45) is 11.8 Å². The molecule has 1 atom stereocenters. The SMILES string of the molecule is COc1ccnc(N2CCC([C@H](C)CCOc3ccc(SC)cc3)CC2)n1. The third kappa shape index (κ3) is 5.51. The normalized spacial score (nSPS) is 16.2. The van der Waals surface area contributed by atoms with Crippen LogP contribution in [-0.4, -0.2) is 43.0 Å². The Balaban J connectivity index is 1.41. The summed E-state index contributed by atoms with van der Waals surface area (Å²) in [5, 5.41) is 0. The summed E-state index contributed by atoms with van der Waals surface area (Å²) in [6, 6.07) is 10.1. The number of anilines is 1. The molecule has 1 saturated heterocycles. The zero-order valence-electron chi connectivity index (χ0n) is 16.4. The van der Waals surface area contributed by atoms with Crippen LogP contribution in [0.5, 0.6) is 11.6 Å². The van der Waals surface area contributed by atoms with E-state index in [0.717, 1.165) is 43.7 Å². The molecular weight excluding hydrogens is 358 g/mol. The first-order valence-electron chi connectivity index (χ1n) is 9.58. The zero-order chi connectivity index (χ0) is 19.1. The molecule has 0 saturated carbocycles. The van der Waals surface area contributed by atoms with Gasteiger partial charge in [0.2, 0.25) is 11.8 Å². The number of aromatic nitrogens is 2. The highest BCUT2D eigenvalue weighted by atomic mass is 32.2. The van der Waals surface area contributed by atoms with E-state index in [1.54, 1.807) is 31.1 Å². The van der Waals surface area contributed by atoms with E-state index in [2.05, 4.69) is 52.3 Å². The number of ether oxygens (including phenoxy) is 2. The number of rotatable bonds is 8. The monoisotopic (exact) mass is 387 g/mol. The van der Waals surface area contributed by atoms with E-state index < -0.39 is 0 Å². The van der Waals surface area contributed by atoms with Crippen molar-refractivity contribution >= 4 is 17.7 Å². The third-order valence-electron chi connectivity index (χ3n) is 5.36. The molecule has 0 radical (unpaired) electrons. The summed E-state index contributed by atoms with van der Waals surface area (Å²) >= 11 is 1.75. The quantitative estimate of drug-likeness (QED) is 0.620. The van der Waals surface area contributed by atoms with Gasteiger partial charge in [0.1, 0.15) is 5.75 Å². The van der Waals surface area contributed by atoms with Crippen LogP contribution < -0.4 is 14.4 Å². The Morgan fingerprint density at radius 3 is 2.59 bits per heavy atom. The molecular formula is C21H29N3O2S. The highest BCUT2D eigenvalue weighted by Gasteiger charge is 2.25. The molecule has 6 heteroatoms. The molecule has 0 bridgehead atoms. The first kappa shape index (κ1) is 19.8. The van der Waals surface area contributed by atoms with Crippen LogP contribution in [0.3, 0.4) is 0 Å². The van der Waals surface area contributed by atoms with Gasteiger partial charge in [-0.2, -0.15) is 4.98 Å². The van der Waals surface area contributed by atoms with Gasteiger partial charge in [0.15, 0.2) is 0 Å². The van der Waals surface area contributed by atoms with Crippen LogP contribution in [0.15, 0.2) is 41.4 Å². The predicted octanol–water partition coefficient (Wildman–Crippen LogP) is 4.53. The van der Waals surface area contributed by atoms with Crippen LogP contribution in [-0.2, 0) is 0 Å². The number of methoxy groups -OCH3 is 1. The van der Waals surface area contributed by atoms with E-state index in [1.165, 1.54) is 17.7 Å². The summed E-state index contributed by atoms with van der Waals surface area (Å²) in [5.74, 6) is 3.75. The third-order valence-corrected chi connectivity index (χ3v) is 6.10. The number of piperidine rings is 1. The van der Waals surface area contributed by atoms with Crippen LogP contribution in [0.4, 0.5) is 5.95 Å². The maximum absolute atomic E-state index is 5.93. The van der Waals surface area contributed by atoms with Crippen LogP contribution in [0, 0.1) is 11.8 Å². The highest BCUT2D eigenvalue weighted by molar-refractivity contribution is 7.98. The van der Waals surface area contributed by atoms with Crippen molar-refractivity contribution in [1.82, 2.24) is 9.97 Å². The maximum atomic E-state index is 5.93. The lowest BCUT2D eigenvalue weighted by Gasteiger charge is -2.35. The minimum absolute atomic E-state index is 0.623. The maximum Gasteiger partial charge on any atom is 0.228 e. The summed E-state index contributed by atoms with van der Waals surface area (Å²) < 4.78 is 11.1. The fourth-order valence-electron chi connectivity index (χ4n) is 3.54.